The minimum absolute atomic E-state index is 0.0223. The average Bonchev–Trinajstić information content (AvgIpc) is 2.35. The van der Waals surface area contributed by atoms with Gasteiger partial charge in [-0.25, -0.2) is 0 Å². The van der Waals surface area contributed by atoms with E-state index in [1.54, 1.807) is 0 Å². The van der Waals surface area contributed by atoms with Crippen LogP contribution >= 0.6 is 11.6 Å². The average molecular weight is 274 g/mol. The van der Waals surface area contributed by atoms with Crippen molar-refractivity contribution in [2.45, 2.75) is 32.3 Å². The summed E-state index contributed by atoms with van der Waals surface area (Å²) in [6.45, 7) is 3.87. The lowest BCUT2D eigenvalue weighted by Crippen LogP contribution is -2.34. The number of nitro benzene ring substituents is 1. The molecular formula is C12H16ClNO4. The summed E-state index contributed by atoms with van der Waals surface area (Å²) in [5.41, 5.74) is -1.04. The number of benzene rings is 1. The molecule has 0 radical (unpaired) electrons. The maximum atomic E-state index is 10.6. The van der Waals surface area contributed by atoms with E-state index in [9.17, 15) is 15.2 Å². The lowest BCUT2D eigenvalue weighted by molar-refractivity contribution is -0.384. The van der Waals surface area contributed by atoms with Crippen LogP contribution in [0.2, 0.25) is 5.02 Å². The highest BCUT2D eigenvalue weighted by Gasteiger charge is 2.23. The molecular weight excluding hydrogens is 258 g/mol. The molecule has 6 heteroatoms. The zero-order valence-corrected chi connectivity index (χ0v) is 11.1. The summed E-state index contributed by atoms with van der Waals surface area (Å²) >= 11 is 5.76. The summed E-state index contributed by atoms with van der Waals surface area (Å²) in [6, 6.07) is 4.13. The normalized spacial score (nSPS) is 11.3. The number of nitrogens with zero attached hydrogens (tertiary/aromatic N) is 1. The molecule has 0 saturated carbocycles. The van der Waals surface area contributed by atoms with Gasteiger partial charge in [0.15, 0.2) is 0 Å². The zero-order valence-electron chi connectivity index (χ0n) is 10.4. The number of hydrogen-bond acceptors (Lipinski definition) is 4. The Balaban J connectivity index is 2.75. The standard InChI is InChI=1S/C12H16ClNO4/c1-3-12(15,4-2)8-18-9-5-6-11(14(16)17)10(13)7-9/h5-7,15H,3-4,8H2,1-2H3. The molecule has 0 amide bonds. The molecule has 0 unspecified atom stereocenters. The van der Waals surface area contributed by atoms with Crippen LogP contribution in [0.3, 0.4) is 0 Å². The van der Waals surface area contributed by atoms with Crippen LogP contribution in [0.1, 0.15) is 26.7 Å². The van der Waals surface area contributed by atoms with Gasteiger partial charge >= 0.3 is 0 Å². The first-order valence-electron chi connectivity index (χ1n) is 5.71. The van der Waals surface area contributed by atoms with Crippen LogP contribution in [0.4, 0.5) is 5.69 Å². The van der Waals surface area contributed by atoms with Crippen molar-refractivity contribution in [3.63, 3.8) is 0 Å². The third kappa shape index (κ3) is 3.58. The van der Waals surface area contributed by atoms with Gasteiger partial charge in [-0.3, -0.25) is 10.1 Å². The summed E-state index contributed by atoms with van der Waals surface area (Å²) in [5, 5.41) is 20.6. The highest BCUT2D eigenvalue weighted by Crippen LogP contribution is 2.29. The second-order valence-electron chi connectivity index (χ2n) is 4.09. The largest absolute Gasteiger partial charge is 0.491 e. The van der Waals surface area contributed by atoms with E-state index in [2.05, 4.69) is 0 Å². The minimum atomic E-state index is -0.881. The number of nitro groups is 1. The summed E-state index contributed by atoms with van der Waals surface area (Å²) < 4.78 is 5.41. The Morgan fingerprint density at radius 1 is 1.44 bits per heavy atom. The molecule has 100 valence electrons. The van der Waals surface area contributed by atoms with E-state index in [0.717, 1.165) is 0 Å². The quantitative estimate of drug-likeness (QED) is 0.638. The maximum absolute atomic E-state index is 10.6. The van der Waals surface area contributed by atoms with Crippen LogP contribution in [0.5, 0.6) is 5.75 Å². The predicted molar refractivity (Wildman–Crippen MR) is 69.1 cm³/mol. The van der Waals surface area contributed by atoms with Crippen molar-refractivity contribution < 1.29 is 14.8 Å². The van der Waals surface area contributed by atoms with Crippen molar-refractivity contribution in [1.82, 2.24) is 0 Å². The fraction of sp³-hybridized carbons (Fsp3) is 0.500. The van der Waals surface area contributed by atoms with Gasteiger partial charge in [0, 0.05) is 12.1 Å². The lowest BCUT2D eigenvalue weighted by atomic mass is 9.99. The van der Waals surface area contributed by atoms with Crippen molar-refractivity contribution in [3.05, 3.63) is 33.3 Å². The van der Waals surface area contributed by atoms with Gasteiger partial charge in [0.05, 0.1) is 10.5 Å². The molecule has 0 saturated heterocycles. The Morgan fingerprint density at radius 2 is 2.06 bits per heavy atom. The SMILES string of the molecule is CCC(O)(CC)COc1ccc([N+](=O)[O-])c(Cl)c1. The van der Waals surface area contributed by atoms with Crippen molar-refractivity contribution in [3.8, 4) is 5.75 Å². The van der Waals surface area contributed by atoms with E-state index < -0.39 is 10.5 Å². The van der Waals surface area contributed by atoms with E-state index in [0.29, 0.717) is 18.6 Å². The van der Waals surface area contributed by atoms with E-state index >= 15 is 0 Å². The molecule has 5 nitrogen and oxygen atoms in total. The van der Waals surface area contributed by atoms with Crippen LogP contribution in [0.25, 0.3) is 0 Å². The van der Waals surface area contributed by atoms with Crippen LogP contribution < -0.4 is 4.74 Å². The number of hydrogen-bond donors (Lipinski definition) is 1. The molecule has 0 aliphatic rings. The summed E-state index contributed by atoms with van der Waals surface area (Å²) in [7, 11) is 0. The van der Waals surface area contributed by atoms with Crippen molar-refractivity contribution in [2.75, 3.05) is 6.61 Å². The summed E-state index contributed by atoms with van der Waals surface area (Å²) in [5.74, 6) is 0.408. The molecule has 0 aromatic heterocycles. The van der Waals surface area contributed by atoms with E-state index in [-0.39, 0.29) is 17.3 Å². The number of rotatable bonds is 6. The molecule has 0 aliphatic heterocycles. The fourth-order valence-electron chi connectivity index (χ4n) is 1.40. The molecule has 0 heterocycles. The van der Waals surface area contributed by atoms with Gasteiger partial charge in [0.1, 0.15) is 17.4 Å². The summed E-state index contributed by atoms with van der Waals surface area (Å²) in [4.78, 5) is 10.0. The number of aliphatic hydroxyl groups is 1. The zero-order chi connectivity index (χ0) is 13.8. The Hall–Kier alpha value is -1.33. The smallest absolute Gasteiger partial charge is 0.288 e. The van der Waals surface area contributed by atoms with Crippen LogP contribution in [0.15, 0.2) is 18.2 Å². The highest BCUT2D eigenvalue weighted by molar-refractivity contribution is 6.32. The van der Waals surface area contributed by atoms with Crippen LogP contribution in [-0.4, -0.2) is 22.2 Å². The Morgan fingerprint density at radius 3 is 2.50 bits per heavy atom. The van der Waals surface area contributed by atoms with E-state index in [1.807, 2.05) is 13.8 Å². The minimum Gasteiger partial charge on any atom is -0.491 e. The predicted octanol–water partition coefficient (Wildman–Crippen LogP) is 3.18. The number of halogens is 1. The van der Waals surface area contributed by atoms with Crippen LogP contribution in [0, 0.1) is 10.1 Å². The van der Waals surface area contributed by atoms with Gasteiger partial charge in [-0.05, 0) is 18.9 Å². The molecule has 18 heavy (non-hydrogen) atoms. The molecule has 0 fully saturated rings. The van der Waals surface area contributed by atoms with Crippen molar-refractivity contribution in [2.24, 2.45) is 0 Å². The first-order chi connectivity index (χ1) is 8.41. The molecule has 0 atom stereocenters. The third-order valence-corrected chi connectivity index (χ3v) is 3.24. The van der Waals surface area contributed by atoms with Gasteiger partial charge in [0.25, 0.3) is 5.69 Å². The van der Waals surface area contributed by atoms with E-state index in [4.69, 9.17) is 16.3 Å². The lowest BCUT2D eigenvalue weighted by Gasteiger charge is -2.25. The molecule has 1 aromatic rings. The second-order valence-corrected chi connectivity index (χ2v) is 4.50. The fourth-order valence-corrected chi connectivity index (χ4v) is 1.64. The van der Waals surface area contributed by atoms with Crippen LogP contribution in [-0.2, 0) is 0 Å². The molecule has 0 spiro atoms. The van der Waals surface area contributed by atoms with Crippen molar-refractivity contribution >= 4 is 17.3 Å². The Kier molecular flexibility index (Phi) is 4.93. The molecule has 0 aliphatic carbocycles. The molecule has 1 rings (SSSR count). The van der Waals surface area contributed by atoms with E-state index in [1.165, 1.54) is 18.2 Å². The highest BCUT2D eigenvalue weighted by atomic mass is 35.5. The topological polar surface area (TPSA) is 72.6 Å². The third-order valence-electron chi connectivity index (χ3n) is 2.94. The molecule has 1 N–H and O–H groups in total. The van der Waals surface area contributed by atoms with Gasteiger partial charge < -0.3 is 9.84 Å². The Labute approximate surface area is 110 Å². The Bertz CT molecular complexity index is 432. The second kappa shape index (κ2) is 6.02. The van der Waals surface area contributed by atoms with Gasteiger partial charge in [-0.2, -0.15) is 0 Å². The van der Waals surface area contributed by atoms with Gasteiger partial charge in [-0.1, -0.05) is 25.4 Å². The monoisotopic (exact) mass is 273 g/mol. The first kappa shape index (κ1) is 14.7. The van der Waals surface area contributed by atoms with Gasteiger partial charge in [-0.15, -0.1) is 0 Å². The molecule has 1 aromatic carbocycles. The first-order valence-corrected chi connectivity index (χ1v) is 6.09. The van der Waals surface area contributed by atoms with Gasteiger partial charge in [0.2, 0.25) is 0 Å². The molecule has 0 bridgehead atoms. The summed E-state index contributed by atoms with van der Waals surface area (Å²) in [6.07, 6.45) is 1.15. The maximum Gasteiger partial charge on any atom is 0.288 e. The number of ether oxygens (including phenoxy) is 1. The van der Waals surface area contributed by atoms with Crippen molar-refractivity contribution in [1.29, 1.82) is 0 Å².